The third kappa shape index (κ3) is 2.62. The van der Waals surface area contributed by atoms with Crippen molar-refractivity contribution in [2.45, 2.75) is 10.6 Å². The minimum Gasteiger partial charge on any atom is -0.250 e. The van der Waals surface area contributed by atoms with Crippen LogP contribution in [0.3, 0.4) is 0 Å². The molecule has 0 bridgehead atoms. The van der Waals surface area contributed by atoms with Crippen molar-refractivity contribution in [1.82, 2.24) is 19.7 Å². The van der Waals surface area contributed by atoms with Gasteiger partial charge in [0.05, 0.1) is 17.3 Å². The molecule has 0 unspecified atom stereocenters. The van der Waals surface area contributed by atoms with E-state index in [2.05, 4.69) is 15.1 Å². The van der Waals surface area contributed by atoms with Gasteiger partial charge in [0.25, 0.3) is 0 Å². The number of fused-ring (bicyclic) bond motifs is 1. The molecule has 2 heterocycles. The number of nitrogens with zero attached hydrogens (tertiary/aromatic N) is 4. The van der Waals surface area contributed by atoms with E-state index < -0.39 is 0 Å². The summed E-state index contributed by atoms with van der Waals surface area (Å²) in [7, 11) is 1.81. The summed E-state index contributed by atoms with van der Waals surface area (Å²) < 4.78 is 14.5. The van der Waals surface area contributed by atoms with Gasteiger partial charge < -0.3 is 0 Å². The number of hydrogen-bond donors (Lipinski definition) is 0. The van der Waals surface area contributed by atoms with E-state index in [9.17, 15) is 4.39 Å². The van der Waals surface area contributed by atoms with Gasteiger partial charge in [-0.1, -0.05) is 11.6 Å². The highest BCUT2D eigenvalue weighted by molar-refractivity contribution is 7.98. The van der Waals surface area contributed by atoms with E-state index in [0.717, 1.165) is 10.3 Å². The normalized spacial score (nSPS) is 11.2. The Labute approximate surface area is 124 Å². The molecule has 0 aliphatic heterocycles. The van der Waals surface area contributed by atoms with Crippen LogP contribution in [0.4, 0.5) is 4.39 Å². The first kappa shape index (κ1) is 13.3. The maximum Gasteiger partial charge on any atom is 0.162 e. The molecular formula is C13H10ClFN4S. The lowest BCUT2D eigenvalue weighted by atomic mass is 10.4. The van der Waals surface area contributed by atoms with Gasteiger partial charge in [0.2, 0.25) is 0 Å². The molecule has 4 nitrogen and oxygen atoms in total. The van der Waals surface area contributed by atoms with E-state index in [4.69, 9.17) is 11.6 Å². The van der Waals surface area contributed by atoms with Gasteiger partial charge >= 0.3 is 0 Å². The van der Waals surface area contributed by atoms with Crippen molar-refractivity contribution >= 4 is 34.4 Å². The average Bonchev–Trinajstić information content (AvgIpc) is 2.81. The fraction of sp³-hybridized carbons (Fsp3) is 0.154. The largest absolute Gasteiger partial charge is 0.250 e. The fourth-order valence-corrected chi connectivity index (χ4v) is 2.76. The molecule has 0 radical (unpaired) electrons. The third-order valence-corrected chi connectivity index (χ3v) is 4.07. The summed E-state index contributed by atoms with van der Waals surface area (Å²) in [4.78, 5) is 9.65. The van der Waals surface area contributed by atoms with Gasteiger partial charge in [-0.3, -0.25) is 4.68 Å². The summed E-state index contributed by atoms with van der Waals surface area (Å²) in [6.45, 7) is 0. The van der Waals surface area contributed by atoms with Gasteiger partial charge in [-0.15, -0.1) is 11.8 Å². The van der Waals surface area contributed by atoms with Crippen molar-refractivity contribution in [2.75, 3.05) is 0 Å². The van der Waals surface area contributed by atoms with Crippen LogP contribution in [-0.2, 0) is 12.8 Å². The second-order valence-corrected chi connectivity index (χ2v) is 5.59. The summed E-state index contributed by atoms with van der Waals surface area (Å²) in [5.74, 6) is 0.942. The van der Waals surface area contributed by atoms with Crippen LogP contribution >= 0.6 is 23.4 Å². The highest BCUT2D eigenvalue weighted by Gasteiger charge is 2.10. The Balaban J connectivity index is 1.83. The Morgan fingerprint density at radius 3 is 2.75 bits per heavy atom. The van der Waals surface area contributed by atoms with Crippen LogP contribution in [0, 0.1) is 5.82 Å². The van der Waals surface area contributed by atoms with Crippen LogP contribution in [0.1, 0.15) is 5.82 Å². The van der Waals surface area contributed by atoms with Crippen LogP contribution in [0.2, 0.25) is 5.15 Å². The molecule has 0 aliphatic carbocycles. The summed E-state index contributed by atoms with van der Waals surface area (Å²) >= 11 is 7.64. The molecule has 7 heteroatoms. The number of aryl methyl sites for hydroxylation is 1. The number of benzene rings is 1. The van der Waals surface area contributed by atoms with Crippen LogP contribution in [0.15, 0.2) is 35.4 Å². The Kier molecular flexibility index (Phi) is 3.58. The Bertz CT molecular complexity index is 757. The lowest BCUT2D eigenvalue weighted by molar-refractivity contribution is 0.626. The van der Waals surface area contributed by atoms with Crippen molar-refractivity contribution < 1.29 is 4.39 Å². The number of hydrogen-bond acceptors (Lipinski definition) is 4. The molecule has 0 atom stereocenters. The molecule has 1 aromatic carbocycles. The Morgan fingerprint density at radius 1 is 1.25 bits per heavy atom. The van der Waals surface area contributed by atoms with Gasteiger partial charge in [0, 0.05) is 11.9 Å². The molecule has 3 rings (SSSR count). The quantitative estimate of drug-likeness (QED) is 0.549. The van der Waals surface area contributed by atoms with E-state index in [1.807, 2.05) is 7.05 Å². The van der Waals surface area contributed by atoms with Crippen molar-refractivity contribution in [3.63, 3.8) is 0 Å². The molecule has 3 aromatic rings. The van der Waals surface area contributed by atoms with Crippen LogP contribution in [0.5, 0.6) is 0 Å². The average molecular weight is 309 g/mol. The monoisotopic (exact) mass is 308 g/mol. The molecule has 0 N–H and O–H groups in total. The first-order valence-electron chi connectivity index (χ1n) is 5.86. The van der Waals surface area contributed by atoms with E-state index in [0.29, 0.717) is 22.4 Å². The van der Waals surface area contributed by atoms with E-state index in [-0.39, 0.29) is 5.82 Å². The fourth-order valence-electron chi connectivity index (χ4n) is 1.77. The maximum absolute atomic E-state index is 12.8. The number of aromatic nitrogens is 4. The van der Waals surface area contributed by atoms with E-state index in [1.54, 1.807) is 23.0 Å². The molecule has 2 aromatic heterocycles. The maximum atomic E-state index is 12.8. The van der Waals surface area contributed by atoms with Crippen LogP contribution < -0.4 is 0 Å². The van der Waals surface area contributed by atoms with Crippen molar-refractivity contribution in [3.05, 3.63) is 47.3 Å². The first-order chi connectivity index (χ1) is 9.63. The van der Waals surface area contributed by atoms with Gasteiger partial charge in [-0.2, -0.15) is 5.10 Å². The Hall–Kier alpha value is -1.66. The van der Waals surface area contributed by atoms with Gasteiger partial charge in [-0.05, 0) is 24.3 Å². The lowest BCUT2D eigenvalue weighted by Gasteiger charge is -2.03. The van der Waals surface area contributed by atoms with Crippen molar-refractivity contribution in [2.24, 2.45) is 7.05 Å². The molecule has 0 amide bonds. The second kappa shape index (κ2) is 5.38. The zero-order valence-corrected chi connectivity index (χ0v) is 12.1. The Morgan fingerprint density at radius 2 is 2.00 bits per heavy atom. The van der Waals surface area contributed by atoms with Gasteiger partial charge in [0.15, 0.2) is 5.65 Å². The minimum absolute atomic E-state index is 0.245. The molecule has 102 valence electrons. The van der Waals surface area contributed by atoms with Gasteiger partial charge in [-0.25, -0.2) is 14.4 Å². The zero-order chi connectivity index (χ0) is 14.1. The smallest absolute Gasteiger partial charge is 0.162 e. The van der Waals surface area contributed by atoms with Crippen LogP contribution in [-0.4, -0.2) is 19.7 Å². The van der Waals surface area contributed by atoms with E-state index in [1.165, 1.54) is 23.9 Å². The highest BCUT2D eigenvalue weighted by Crippen LogP contribution is 2.24. The number of thioether (sulfide) groups is 1. The molecule has 0 fully saturated rings. The molecule has 20 heavy (non-hydrogen) atoms. The predicted octanol–water partition coefficient (Wildman–Crippen LogP) is 3.45. The summed E-state index contributed by atoms with van der Waals surface area (Å²) in [6, 6.07) is 6.31. The minimum atomic E-state index is -0.245. The molecule has 0 spiro atoms. The molecule has 0 aliphatic rings. The first-order valence-corrected chi connectivity index (χ1v) is 7.22. The van der Waals surface area contributed by atoms with Gasteiger partial charge in [0.1, 0.15) is 16.8 Å². The third-order valence-electron chi connectivity index (χ3n) is 2.77. The number of halogens is 2. The second-order valence-electron chi connectivity index (χ2n) is 4.18. The lowest BCUT2D eigenvalue weighted by Crippen LogP contribution is -1.98. The molecular weight excluding hydrogens is 299 g/mol. The van der Waals surface area contributed by atoms with E-state index >= 15 is 0 Å². The topological polar surface area (TPSA) is 43.6 Å². The van der Waals surface area contributed by atoms with Crippen LogP contribution in [0.25, 0.3) is 11.0 Å². The summed E-state index contributed by atoms with van der Waals surface area (Å²) in [5, 5.41) is 5.25. The summed E-state index contributed by atoms with van der Waals surface area (Å²) in [6.07, 6.45) is 1.65. The van der Waals surface area contributed by atoms with Crippen molar-refractivity contribution in [3.8, 4) is 0 Å². The standard InChI is InChI=1S/C13H10ClFN4S/c1-19-13-10(6-16-19)12(14)17-11(18-13)7-20-9-4-2-8(15)3-5-9/h2-6H,7H2,1H3. The highest BCUT2D eigenvalue weighted by atomic mass is 35.5. The number of rotatable bonds is 3. The van der Waals surface area contributed by atoms with Crippen molar-refractivity contribution in [1.29, 1.82) is 0 Å². The zero-order valence-electron chi connectivity index (χ0n) is 10.5. The molecule has 0 saturated carbocycles. The summed E-state index contributed by atoms with van der Waals surface area (Å²) in [5.41, 5.74) is 0.708. The molecule has 0 saturated heterocycles. The SMILES string of the molecule is Cn1ncc2c(Cl)nc(CSc3ccc(F)cc3)nc21. The predicted molar refractivity (Wildman–Crippen MR) is 77.3 cm³/mol.